The van der Waals surface area contributed by atoms with Crippen molar-refractivity contribution in [3.63, 3.8) is 0 Å². The smallest absolute Gasteiger partial charge is 0.324 e. The van der Waals surface area contributed by atoms with Crippen LogP contribution in [-0.4, -0.2) is 28.8 Å². The molecule has 0 saturated carbocycles. The van der Waals surface area contributed by atoms with Gasteiger partial charge in [-0.3, -0.25) is 14.6 Å². The zero-order valence-corrected chi connectivity index (χ0v) is 8.29. The maximum absolute atomic E-state index is 11.0. The highest BCUT2D eigenvalue weighted by molar-refractivity contribution is 7.52. The van der Waals surface area contributed by atoms with E-state index in [9.17, 15) is 9.36 Å². The predicted octanol–water partition coefficient (Wildman–Crippen LogP) is 0.494. The largest absolute Gasteiger partial charge is 0.328 e. The molecule has 0 fully saturated rings. The molecule has 0 spiro atoms. The van der Waals surface area contributed by atoms with Crippen molar-refractivity contribution in [3.05, 3.63) is 0 Å². The van der Waals surface area contributed by atoms with Gasteiger partial charge < -0.3 is 9.42 Å². The summed E-state index contributed by atoms with van der Waals surface area (Å²) >= 11 is 0. The van der Waals surface area contributed by atoms with Crippen LogP contribution in [-0.2, 0) is 13.9 Å². The second kappa shape index (κ2) is 6.10. The number of hydroxylamine groups is 1. The fourth-order valence-electron chi connectivity index (χ4n) is 0.762. The molecule has 1 atom stereocenters. The normalized spacial score (nSPS) is 15.0. The lowest BCUT2D eigenvalue weighted by atomic mass is 10.3. The highest BCUT2D eigenvalue weighted by Crippen LogP contribution is 2.42. The second-order valence-corrected chi connectivity index (χ2v) is 4.40. The van der Waals surface area contributed by atoms with Crippen LogP contribution in [0, 0.1) is 0 Å². The zero-order chi connectivity index (χ0) is 10.3. The Hall–Kier alpha value is -0.420. The molecule has 0 bridgehead atoms. The van der Waals surface area contributed by atoms with Crippen LogP contribution in [0.25, 0.3) is 0 Å². The predicted molar refractivity (Wildman–Crippen MR) is 45.5 cm³/mol. The van der Waals surface area contributed by atoms with Crippen LogP contribution in [0.4, 0.5) is 0 Å². The fourth-order valence-corrected chi connectivity index (χ4v) is 1.85. The summed E-state index contributed by atoms with van der Waals surface area (Å²) in [6.45, 7) is 1.78. The number of amides is 1. The van der Waals surface area contributed by atoms with Crippen LogP contribution in [0.2, 0.25) is 0 Å². The second-order valence-electron chi connectivity index (χ2n) is 2.42. The molecular formula is C6H14NO5P. The number of carbonyl (C=O) groups excluding carboxylic acids is 1. The van der Waals surface area contributed by atoms with Gasteiger partial charge in [-0.2, -0.15) is 0 Å². The lowest BCUT2D eigenvalue weighted by Crippen LogP contribution is -2.18. The summed E-state index contributed by atoms with van der Waals surface area (Å²) in [5, 5.41) is 8.11. The molecule has 13 heavy (non-hydrogen) atoms. The van der Waals surface area contributed by atoms with Crippen LogP contribution in [0.3, 0.4) is 0 Å². The molecule has 3 N–H and O–H groups in total. The first kappa shape index (κ1) is 12.6. The number of nitrogens with one attached hydrogen (secondary N) is 1. The number of carbonyl (C=O) groups is 1. The van der Waals surface area contributed by atoms with Crippen molar-refractivity contribution >= 4 is 13.5 Å². The van der Waals surface area contributed by atoms with E-state index in [2.05, 4.69) is 4.52 Å². The minimum absolute atomic E-state index is 0.00806. The van der Waals surface area contributed by atoms with Gasteiger partial charge in [-0.1, -0.05) is 0 Å². The molecule has 0 aromatic heterocycles. The van der Waals surface area contributed by atoms with Crippen LogP contribution in [0.15, 0.2) is 0 Å². The Morgan fingerprint density at radius 1 is 1.62 bits per heavy atom. The van der Waals surface area contributed by atoms with Crippen molar-refractivity contribution in [3.8, 4) is 0 Å². The van der Waals surface area contributed by atoms with Gasteiger partial charge in [0.1, 0.15) is 0 Å². The quantitative estimate of drug-likeness (QED) is 0.337. The van der Waals surface area contributed by atoms with Gasteiger partial charge in [0.2, 0.25) is 5.91 Å². The van der Waals surface area contributed by atoms with Crippen LogP contribution >= 0.6 is 7.60 Å². The van der Waals surface area contributed by atoms with Gasteiger partial charge in [-0.25, -0.2) is 5.48 Å². The maximum Gasteiger partial charge on any atom is 0.328 e. The Kier molecular flexibility index (Phi) is 5.90. The van der Waals surface area contributed by atoms with Crippen LogP contribution in [0.5, 0.6) is 0 Å². The van der Waals surface area contributed by atoms with Gasteiger partial charge in [0, 0.05) is 6.42 Å². The van der Waals surface area contributed by atoms with E-state index < -0.39 is 13.5 Å². The van der Waals surface area contributed by atoms with Crippen molar-refractivity contribution in [1.82, 2.24) is 5.48 Å². The minimum Gasteiger partial charge on any atom is -0.324 e. The van der Waals surface area contributed by atoms with Crippen molar-refractivity contribution in [2.45, 2.75) is 19.8 Å². The maximum atomic E-state index is 11.0. The van der Waals surface area contributed by atoms with E-state index in [-0.39, 0.29) is 25.6 Å². The van der Waals surface area contributed by atoms with E-state index in [0.717, 1.165) is 0 Å². The highest BCUT2D eigenvalue weighted by Gasteiger charge is 2.17. The molecule has 0 aliphatic heterocycles. The summed E-state index contributed by atoms with van der Waals surface area (Å²) in [6.07, 6.45) is 0.141. The molecule has 6 nitrogen and oxygen atoms in total. The molecule has 1 unspecified atom stereocenters. The molecule has 0 aliphatic rings. The lowest BCUT2D eigenvalue weighted by molar-refractivity contribution is -0.129. The van der Waals surface area contributed by atoms with Crippen LogP contribution in [0.1, 0.15) is 19.8 Å². The molecule has 78 valence electrons. The SMILES string of the molecule is CCOP(=O)(O)CCCC(=O)NO. The Morgan fingerprint density at radius 2 is 2.23 bits per heavy atom. The molecule has 0 aliphatic carbocycles. The van der Waals surface area contributed by atoms with Crippen molar-refractivity contribution in [2.75, 3.05) is 12.8 Å². The van der Waals surface area contributed by atoms with Crippen LogP contribution < -0.4 is 5.48 Å². The first-order valence-electron chi connectivity index (χ1n) is 3.91. The third-order valence-electron chi connectivity index (χ3n) is 1.30. The van der Waals surface area contributed by atoms with Crippen molar-refractivity contribution < 1.29 is 24.0 Å². The fraction of sp³-hybridized carbons (Fsp3) is 0.833. The first-order valence-corrected chi connectivity index (χ1v) is 5.67. The summed E-state index contributed by atoms with van der Waals surface area (Å²) in [5.74, 6) is -0.573. The monoisotopic (exact) mass is 211 g/mol. The highest BCUT2D eigenvalue weighted by atomic mass is 31.2. The lowest BCUT2D eigenvalue weighted by Gasteiger charge is -2.09. The summed E-state index contributed by atoms with van der Waals surface area (Å²) in [6, 6.07) is 0. The molecular weight excluding hydrogens is 197 g/mol. The van der Waals surface area contributed by atoms with Gasteiger partial charge in [0.15, 0.2) is 0 Å². The molecule has 0 rings (SSSR count). The molecule has 0 aromatic rings. The molecule has 0 radical (unpaired) electrons. The summed E-state index contributed by atoms with van der Waals surface area (Å²) in [4.78, 5) is 19.5. The Bertz CT molecular complexity index is 207. The van der Waals surface area contributed by atoms with E-state index >= 15 is 0 Å². The topological polar surface area (TPSA) is 95.9 Å². The molecule has 7 heteroatoms. The number of hydrogen-bond acceptors (Lipinski definition) is 4. The molecule has 0 heterocycles. The van der Waals surface area contributed by atoms with Gasteiger partial charge >= 0.3 is 7.60 Å². The van der Waals surface area contributed by atoms with E-state index in [1.54, 1.807) is 6.92 Å². The average molecular weight is 211 g/mol. The summed E-state index contributed by atoms with van der Waals surface area (Å²) in [7, 11) is -3.52. The van der Waals surface area contributed by atoms with E-state index in [1.165, 1.54) is 5.48 Å². The standard InChI is InChI=1S/C6H14NO5P/c1-2-12-13(10,11)5-3-4-6(8)7-9/h9H,2-5H2,1H3,(H,7,8)(H,10,11). The Morgan fingerprint density at radius 3 is 2.69 bits per heavy atom. The van der Waals surface area contributed by atoms with Crippen molar-refractivity contribution in [1.29, 1.82) is 0 Å². The summed E-state index contributed by atoms with van der Waals surface area (Å²) < 4.78 is 15.6. The van der Waals surface area contributed by atoms with Gasteiger partial charge in [0.05, 0.1) is 12.8 Å². The van der Waals surface area contributed by atoms with Gasteiger partial charge in [-0.05, 0) is 13.3 Å². The Labute approximate surface area is 76.4 Å². The summed E-state index contributed by atoms with van der Waals surface area (Å²) in [5.41, 5.74) is 1.43. The average Bonchev–Trinajstić information content (AvgIpc) is 2.03. The van der Waals surface area contributed by atoms with E-state index in [1.807, 2.05) is 0 Å². The third-order valence-corrected chi connectivity index (χ3v) is 2.84. The van der Waals surface area contributed by atoms with E-state index in [4.69, 9.17) is 10.1 Å². The van der Waals surface area contributed by atoms with Crippen molar-refractivity contribution in [2.24, 2.45) is 0 Å². The number of rotatable bonds is 6. The van der Waals surface area contributed by atoms with Gasteiger partial charge in [0.25, 0.3) is 0 Å². The minimum atomic E-state index is -3.52. The first-order chi connectivity index (χ1) is 6.02. The van der Waals surface area contributed by atoms with E-state index in [0.29, 0.717) is 0 Å². The third kappa shape index (κ3) is 6.72. The molecule has 0 saturated heterocycles. The number of hydrogen-bond donors (Lipinski definition) is 3. The Balaban J connectivity index is 3.63. The van der Waals surface area contributed by atoms with Gasteiger partial charge in [-0.15, -0.1) is 0 Å². The molecule has 1 amide bonds. The zero-order valence-electron chi connectivity index (χ0n) is 7.39. The molecule has 0 aromatic carbocycles.